The van der Waals surface area contributed by atoms with E-state index >= 15 is 0 Å². The first-order valence-corrected chi connectivity index (χ1v) is 14.2. The molecule has 0 unspecified atom stereocenters. The number of hydrogen-bond donors (Lipinski definition) is 1. The molecular formula is C29H35N3O5S. The van der Waals surface area contributed by atoms with Gasteiger partial charge >= 0.3 is 0 Å². The molecule has 0 saturated heterocycles. The molecular weight excluding hydrogens is 502 g/mol. The number of carbonyl (C=O) groups is 2. The van der Waals surface area contributed by atoms with Crippen molar-refractivity contribution in [2.24, 2.45) is 0 Å². The van der Waals surface area contributed by atoms with Crippen molar-refractivity contribution in [3.63, 3.8) is 0 Å². The zero-order valence-corrected chi connectivity index (χ0v) is 22.9. The standard InChI is InChI=1S/C29H35N3O5S/c1-31(38(3,35)36)22-28(33)32(21-25-12-8-5-9-13-25)27(20-24-10-6-4-7-11-24)29(34)30-19-18-23-14-16-26(37-2)17-15-23/h4-17,27H,18-22H2,1-3H3,(H,30,34)/t27-/m1/s1. The fraction of sp³-hybridized carbons (Fsp3) is 0.310. The summed E-state index contributed by atoms with van der Waals surface area (Å²) in [4.78, 5) is 28.6. The van der Waals surface area contributed by atoms with Crippen LogP contribution < -0.4 is 10.1 Å². The van der Waals surface area contributed by atoms with E-state index < -0.39 is 22.0 Å². The smallest absolute Gasteiger partial charge is 0.243 e. The molecule has 0 aliphatic carbocycles. The molecule has 3 aromatic rings. The van der Waals surface area contributed by atoms with E-state index in [1.807, 2.05) is 84.9 Å². The Hall–Kier alpha value is -3.69. The average molecular weight is 538 g/mol. The first-order valence-electron chi connectivity index (χ1n) is 12.4. The number of amides is 2. The predicted molar refractivity (Wildman–Crippen MR) is 148 cm³/mol. The van der Waals surface area contributed by atoms with Crippen molar-refractivity contribution >= 4 is 21.8 Å². The average Bonchev–Trinajstić information content (AvgIpc) is 2.91. The van der Waals surface area contributed by atoms with Crippen molar-refractivity contribution < 1.29 is 22.7 Å². The Kier molecular flexibility index (Phi) is 10.4. The molecule has 9 heteroatoms. The summed E-state index contributed by atoms with van der Waals surface area (Å²) in [5, 5.41) is 2.99. The van der Waals surface area contributed by atoms with E-state index in [-0.39, 0.29) is 25.4 Å². The normalized spacial score (nSPS) is 12.1. The van der Waals surface area contributed by atoms with Crippen LogP contribution in [0.2, 0.25) is 0 Å². The lowest BCUT2D eigenvalue weighted by molar-refractivity contribution is -0.141. The summed E-state index contributed by atoms with van der Waals surface area (Å²) in [5.41, 5.74) is 2.77. The molecule has 0 bridgehead atoms. The first-order chi connectivity index (χ1) is 18.2. The van der Waals surface area contributed by atoms with Crippen LogP contribution in [-0.4, -0.2) is 69.0 Å². The lowest BCUT2D eigenvalue weighted by Gasteiger charge is -2.32. The van der Waals surface area contributed by atoms with E-state index in [0.29, 0.717) is 13.0 Å². The molecule has 3 aromatic carbocycles. The molecule has 0 aliphatic heterocycles. The number of ether oxygens (including phenoxy) is 1. The van der Waals surface area contributed by atoms with Gasteiger partial charge in [0.15, 0.2) is 0 Å². The third-order valence-electron chi connectivity index (χ3n) is 6.26. The van der Waals surface area contributed by atoms with Crippen LogP contribution in [0, 0.1) is 0 Å². The van der Waals surface area contributed by atoms with E-state index in [1.54, 1.807) is 7.11 Å². The summed E-state index contributed by atoms with van der Waals surface area (Å²) in [6.07, 6.45) is 1.95. The highest BCUT2D eigenvalue weighted by Crippen LogP contribution is 2.16. The summed E-state index contributed by atoms with van der Waals surface area (Å²) >= 11 is 0. The molecule has 0 fully saturated rings. The van der Waals surface area contributed by atoms with Gasteiger partial charge in [0.25, 0.3) is 0 Å². The van der Waals surface area contributed by atoms with Crippen LogP contribution in [0.5, 0.6) is 5.75 Å². The van der Waals surface area contributed by atoms with Crippen molar-refractivity contribution in [1.29, 1.82) is 0 Å². The Bertz CT molecular complexity index is 1280. The van der Waals surface area contributed by atoms with Gasteiger partial charge in [0.1, 0.15) is 11.8 Å². The number of benzene rings is 3. The van der Waals surface area contributed by atoms with Crippen LogP contribution in [0.3, 0.4) is 0 Å². The van der Waals surface area contributed by atoms with Crippen molar-refractivity contribution in [2.45, 2.75) is 25.4 Å². The van der Waals surface area contributed by atoms with Crippen molar-refractivity contribution in [2.75, 3.05) is 33.5 Å². The highest BCUT2D eigenvalue weighted by molar-refractivity contribution is 7.88. The number of carbonyl (C=O) groups excluding carboxylic acids is 2. The number of methoxy groups -OCH3 is 1. The molecule has 2 amide bonds. The number of sulfonamides is 1. The summed E-state index contributed by atoms with van der Waals surface area (Å²) < 4.78 is 30.2. The molecule has 3 rings (SSSR count). The number of nitrogens with one attached hydrogen (secondary N) is 1. The van der Waals surface area contributed by atoms with Crippen LogP contribution in [0.15, 0.2) is 84.9 Å². The number of hydrogen-bond acceptors (Lipinski definition) is 5. The highest BCUT2D eigenvalue weighted by atomic mass is 32.2. The van der Waals surface area contributed by atoms with Gasteiger partial charge in [0.2, 0.25) is 21.8 Å². The van der Waals surface area contributed by atoms with E-state index in [4.69, 9.17) is 4.74 Å². The van der Waals surface area contributed by atoms with Crippen LogP contribution in [0.1, 0.15) is 16.7 Å². The molecule has 1 N–H and O–H groups in total. The second-order valence-electron chi connectivity index (χ2n) is 9.12. The highest BCUT2D eigenvalue weighted by Gasteiger charge is 2.31. The topological polar surface area (TPSA) is 96.0 Å². The van der Waals surface area contributed by atoms with E-state index in [0.717, 1.165) is 33.0 Å². The lowest BCUT2D eigenvalue weighted by Crippen LogP contribution is -2.53. The number of rotatable bonds is 13. The molecule has 1 atom stereocenters. The molecule has 38 heavy (non-hydrogen) atoms. The first kappa shape index (κ1) is 28.9. The Balaban J connectivity index is 1.85. The summed E-state index contributed by atoms with van der Waals surface area (Å²) in [7, 11) is -0.617. The largest absolute Gasteiger partial charge is 0.497 e. The lowest BCUT2D eigenvalue weighted by atomic mass is 10.0. The maximum Gasteiger partial charge on any atom is 0.243 e. The third kappa shape index (κ3) is 8.71. The Morgan fingerprint density at radius 3 is 2.00 bits per heavy atom. The van der Waals surface area contributed by atoms with Crippen molar-refractivity contribution in [3.8, 4) is 5.75 Å². The van der Waals surface area contributed by atoms with E-state index in [1.165, 1.54) is 11.9 Å². The molecule has 0 heterocycles. The van der Waals surface area contributed by atoms with Crippen LogP contribution in [-0.2, 0) is 39.0 Å². The predicted octanol–water partition coefficient (Wildman–Crippen LogP) is 2.89. The molecule has 0 aromatic heterocycles. The maximum absolute atomic E-state index is 13.6. The van der Waals surface area contributed by atoms with Gasteiger partial charge in [-0.05, 0) is 35.2 Å². The second kappa shape index (κ2) is 13.7. The van der Waals surface area contributed by atoms with E-state index in [2.05, 4.69) is 5.32 Å². The minimum absolute atomic E-state index is 0.167. The molecule has 8 nitrogen and oxygen atoms in total. The number of nitrogens with zero attached hydrogens (tertiary/aromatic N) is 2. The minimum Gasteiger partial charge on any atom is -0.497 e. The SMILES string of the molecule is COc1ccc(CCNC(=O)[C@@H](Cc2ccccc2)N(Cc2ccccc2)C(=O)CN(C)S(C)(=O)=O)cc1. The van der Waals surface area contributed by atoms with Gasteiger partial charge in [0, 0.05) is 26.6 Å². The van der Waals surface area contributed by atoms with E-state index in [9.17, 15) is 18.0 Å². The monoisotopic (exact) mass is 537 g/mol. The minimum atomic E-state index is -3.58. The Labute approximate surface area is 225 Å². The zero-order chi connectivity index (χ0) is 27.5. The van der Waals surface area contributed by atoms with Gasteiger partial charge in [-0.2, -0.15) is 4.31 Å². The van der Waals surface area contributed by atoms with Gasteiger partial charge in [-0.15, -0.1) is 0 Å². The molecule has 0 radical (unpaired) electrons. The molecule has 0 aliphatic rings. The fourth-order valence-corrected chi connectivity index (χ4v) is 4.32. The van der Waals surface area contributed by atoms with Gasteiger partial charge in [0.05, 0.1) is 19.9 Å². The third-order valence-corrected chi connectivity index (χ3v) is 7.52. The zero-order valence-electron chi connectivity index (χ0n) is 22.0. The molecule has 202 valence electrons. The van der Waals surface area contributed by atoms with Gasteiger partial charge in [-0.1, -0.05) is 72.8 Å². The van der Waals surface area contributed by atoms with Crippen molar-refractivity contribution in [1.82, 2.24) is 14.5 Å². The summed E-state index contributed by atoms with van der Waals surface area (Å²) in [6.45, 7) is 0.184. The van der Waals surface area contributed by atoms with Gasteiger partial charge < -0.3 is 15.0 Å². The fourth-order valence-electron chi connectivity index (χ4n) is 3.97. The number of likely N-dealkylation sites (N-methyl/N-ethyl adjacent to an activating group) is 1. The Morgan fingerprint density at radius 2 is 1.45 bits per heavy atom. The molecule has 0 saturated carbocycles. The second-order valence-corrected chi connectivity index (χ2v) is 11.2. The van der Waals surface area contributed by atoms with Gasteiger partial charge in [-0.3, -0.25) is 9.59 Å². The maximum atomic E-state index is 13.6. The van der Waals surface area contributed by atoms with Gasteiger partial charge in [-0.25, -0.2) is 8.42 Å². The van der Waals surface area contributed by atoms with Crippen LogP contribution >= 0.6 is 0 Å². The molecule has 0 spiro atoms. The summed E-state index contributed by atoms with van der Waals surface area (Å²) in [5.74, 6) is 0.0107. The quantitative estimate of drug-likeness (QED) is 0.362. The van der Waals surface area contributed by atoms with Crippen molar-refractivity contribution in [3.05, 3.63) is 102 Å². The summed E-state index contributed by atoms with van der Waals surface area (Å²) in [6, 6.07) is 25.6. The Morgan fingerprint density at radius 1 is 0.868 bits per heavy atom. The van der Waals surface area contributed by atoms with Crippen LogP contribution in [0.4, 0.5) is 0 Å². The van der Waals surface area contributed by atoms with Crippen LogP contribution in [0.25, 0.3) is 0 Å².